The second kappa shape index (κ2) is 7.13. The number of rotatable bonds is 5. The van der Waals surface area contributed by atoms with E-state index in [9.17, 15) is 4.79 Å². The first-order chi connectivity index (χ1) is 8.40. The van der Waals surface area contributed by atoms with Crippen LogP contribution in [0.1, 0.15) is 59.8 Å². The topological polar surface area (TPSA) is 46.3 Å². The molecule has 1 fully saturated rings. The van der Waals surface area contributed by atoms with Crippen LogP contribution in [0.15, 0.2) is 0 Å². The summed E-state index contributed by atoms with van der Waals surface area (Å²) in [6, 6.07) is 0.617. The number of nitrogens with two attached hydrogens (primary N) is 1. The minimum atomic E-state index is 0.303. The van der Waals surface area contributed by atoms with Crippen molar-refractivity contribution in [2.75, 3.05) is 6.54 Å². The first kappa shape index (κ1) is 15.5. The fourth-order valence-electron chi connectivity index (χ4n) is 2.88. The van der Waals surface area contributed by atoms with Crippen LogP contribution in [0.3, 0.4) is 0 Å². The second-order valence-electron chi connectivity index (χ2n) is 6.53. The van der Waals surface area contributed by atoms with E-state index in [1.165, 1.54) is 12.8 Å². The van der Waals surface area contributed by atoms with Gasteiger partial charge < -0.3 is 10.6 Å². The molecule has 0 spiro atoms. The molecule has 1 aliphatic rings. The van der Waals surface area contributed by atoms with Crippen LogP contribution < -0.4 is 5.73 Å². The van der Waals surface area contributed by atoms with Gasteiger partial charge in [-0.3, -0.25) is 4.79 Å². The van der Waals surface area contributed by atoms with E-state index < -0.39 is 0 Å². The van der Waals surface area contributed by atoms with E-state index in [2.05, 4.69) is 27.7 Å². The molecule has 0 aromatic heterocycles. The molecule has 0 radical (unpaired) electrons. The zero-order valence-electron chi connectivity index (χ0n) is 12.5. The van der Waals surface area contributed by atoms with Gasteiger partial charge in [-0.1, -0.05) is 20.3 Å². The number of hydrogen-bond acceptors (Lipinski definition) is 2. The van der Waals surface area contributed by atoms with Crippen molar-refractivity contribution in [1.82, 2.24) is 4.90 Å². The van der Waals surface area contributed by atoms with Crippen molar-refractivity contribution in [2.24, 2.45) is 17.6 Å². The van der Waals surface area contributed by atoms with Crippen molar-refractivity contribution in [3.05, 3.63) is 0 Å². The van der Waals surface area contributed by atoms with Gasteiger partial charge in [-0.05, 0) is 44.9 Å². The molecule has 2 atom stereocenters. The molecule has 2 unspecified atom stereocenters. The maximum absolute atomic E-state index is 12.4. The van der Waals surface area contributed by atoms with E-state index >= 15 is 0 Å². The molecule has 3 heteroatoms. The van der Waals surface area contributed by atoms with Crippen molar-refractivity contribution >= 4 is 5.91 Å². The molecular formula is C15H30N2O. The van der Waals surface area contributed by atoms with Gasteiger partial charge in [0.25, 0.3) is 0 Å². The minimum Gasteiger partial charge on any atom is -0.340 e. The van der Waals surface area contributed by atoms with E-state index in [0.717, 1.165) is 19.4 Å². The summed E-state index contributed by atoms with van der Waals surface area (Å²) >= 11 is 0. The SMILES string of the molecule is CC(C)CN(C(=O)CC1CCCC(N)C1)C(C)C. The number of nitrogens with zero attached hydrogens (tertiary/aromatic N) is 1. The second-order valence-corrected chi connectivity index (χ2v) is 6.53. The molecule has 2 N–H and O–H groups in total. The van der Waals surface area contributed by atoms with E-state index in [0.29, 0.717) is 36.2 Å². The van der Waals surface area contributed by atoms with Crippen LogP contribution in [-0.4, -0.2) is 29.4 Å². The Balaban J connectivity index is 2.50. The molecule has 0 bridgehead atoms. The van der Waals surface area contributed by atoms with Gasteiger partial charge in [0.1, 0.15) is 0 Å². The van der Waals surface area contributed by atoms with Crippen molar-refractivity contribution < 1.29 is 4.79 Å². The largest absolute Gasteiger partial charge is 0.340 e. The first-order valence-electron chi connectivity index (χ1n) is 7.45. The first-order valence-corrected chi connectivity index (χ1v) is 7.45. The summed E-state index contributed by atoms with van der Waals surface area (Å²) in [6.45, 7) is 9.41. The summed E-state index contributed by atoms with van der Waals surface area (Å²) in [6.07, 6.45) is 5.21. The van der Waals surface area contributed by atoms with Gasteiger partial charge >= 0.3 is 0 Å². The summed E-state index contributed by atoms with van der Waals surface area (Å²) in [7, 11) is 0. The van der Waals surface area contributed by atoms with Gasteiger partial charge in [0.15, 0.2) is 0 Å². The Kier molecular flexibility index (Phi) is 6.13. The van der Waals surface area contributed by atoms with Gasteiger partial charge in [0.2, 0.25) is 5.91 Å². The fourth-order valence-corrected chi connectivity index (χ4v) is 2.88. The van der Waals surface area contributed by atoms with Crippen LogP contribution in [0.5, 0.6) is 0 Å². The molecule has 3 nitrogen and oxygen atoms in total. The smallest absolute Gasteiger partial charge is 0.223 e. The fraction of sp³-hybridized carbons (Fsp3) is 0.933. The van der Waals surface area contributed by atoms with E-state index in [1.54, 1.807) is 0 Å². The highest BCUT2D eigenvalue weighted by molar-refractivity contribution is 5.76. The van der Waals surface area contributed by atoms with Gasteiger partial charge in [0.05, 0.1) is 0 Å². The lowest BCUT2D eigenvalue weighted by atomic mass is 9.84. The summed E-state index contributed by atoms with van der Waals surface area (Å²) < 4.78 is 0. The molecule has 1 aliphatic carbocycles. The summed E-state index contributed by atoms with van der Waals surface area (Å²) in [4.78, 5) is 14.4. The molecule has 1 saturated carbocycles. The Hall–Kier alpha value is -0.570. The summed E-state index contributed by atoms with van der Waals surface area (Å²) in [5, 5.41) is 0. The number of hydrogen-bond donors (Lipinski definition) is 1. The summed E-state index contributed by atoms with van der Waals surface area (Å²) in [5.74, 6) is 1.36. The van der Waals surface area contributed by atoms with Crippen molar-refractivity contribution in [3.63, 3.8) is 0 Å². The van der Waals surface area contributed by atoms with Crippen LogP contribution >= 0.6 is 0 Å². The van der Waals surface area contributed by atoms with Crippen molar-refractivity contribution in [1.29, 1.82) is 0 Å². The quantitative estimate of drug-likeness (QED) is 0.820. The van der Waals surface area contributed by atoms with Crippen LogP contribution in [0, 0.1) is 11.8 Å². The maximum Gasteiger partial charge on any atom is 0.223 e. The third kappa shape index (κ3) is 4.97. The van der Waals surface area contributed by atoms with Crippen LogP contribution in [0.2, 0.25) is 0 Å². The predicted molar refractivity (Wildman–Crippen MR) is 76.2 cm³/mol. The Morgan fingerprint density at radius 1 is 1.28 bits per heavy atom. The van der Waals surface area contributed by atoms with E-state index in [1.807, 2.05) is 4.90 Å². The molecule has 0 aromatic rings. The van der Waals surface area contributed by atoms with Gasteiger partial charge in [-0.2, -0.15) is 0 Å². The molecule has 0 aromatic carbocycles. The zero-order chi connectivity index (χ0) is 13.7. The third-order valence-corrected chi connectivity index (χ3v) is 3.79. The van der Waals surface area contributed by atoms with Gasteiger partial charge in [-0.15, -0.1) is 0 Å². The highest BCUT2D eigenvalue weighted by atomic mass is 16.2. The Morgan fingerprint density at radius 3 is 2.44 bits per heavy atom. The molecule has 1 amide bonds. The minimum absolute atomic E-state index is 0.303. The Bertz CT molecular complexity index is 263. The van der Waals surface area contributed by atoms with Crippen LogP contribution in [-0.2, 0) is 4.79 Å². The normalized spacial score (nSPS) is 24.6. The molecule has 18 heavy (non-hydrogen) atoms. The third-order valence-electron chi connectivity index (χ3n) is 3.79. The maximum atomic E-state index is 12.4. The Labute approximate surface area is 112 Å². The van der Waals surface area contributed by atoms with Crippen LogP contribution in [0.4, 0.5) is 0 Å². The predicted octanol–water partition coefficient (Wildman–Crippen LogP) is 2.79. The highest BCUT2D eigenvalue weighted by Crippen LogP contribution is 2.26. The van der Waals surface area contributed by atoms with Gasteiger partial charge in [-0.25, -0.2) is 0 Å². The van der Waals surface area contributed by atoms with Crippen molar-refractivity contribution in [3.8, 4) is 0 Å². The lowest BCUT2D eigenvalue weighted by Crippen LogP contribution is -2.41. The zero-order valence-corrected chi connectivity index (χ0v) is 12.5. The molecule has 0 heterocycles. The van der Waals surface area contributed by atoms with E-state index in [-0.39, 0.29) is 0 Å². The lowest BCUT2D eigenvalue weighted by molar-refractivity contribution is -0.134. The number of carbonyl (C=O) groups excluding carboxylic acids is 1. The lowest BCUT2D eigenvalue weighted by Gasteiger charge is -2.32. The molecule has 1 rings (SSSR count). The monoisotopic (exact) mass is 254 g/mol. The number of carbonyl (C=O) groups is 1. The number of amides is 1. The molecule has 106 valence electrons. The Morgan fingerprint density at radius 2 is 1.94 bits per heavy atom. The summed E-state index contributed by atoms with van der Waals surface area (Å²) in [5.41, 5.74) is 5.99. The van der Waals surface area contributed by atoms with Crippen LogP contribution in [0.25, 0.3) is 0 Å². The molecule has 0 saturated heterocycles. The molecule has 0 aliphatic heterocycles. The molecular weight excluding hydrogens is 224 g/mol. The van der Waals surface area contributed by atoms with Gasteiger partial charge in [0, 0.05) is 25.0 Å². The average Bonchev–Trinajstić information content (AvgIpc) is 2.25. The highest BCUT2D eigenvalue weighted by Gasteiger charge is 2.25. The van der Waals surface area contributed by atoms with E-state index in [4.69, 9.17) is 5.73 Å². The average molecular weight is 254 g/mol. The van der Waals surface area contributed by atoms with Crippen molar-refractivity contribution in [2.45, 2.75) is 71.9 Å². The standard InChI is InChI=1S/C15H30N2O/c1-11(2)10-17(12(3)4)15(18)9-13-6-5-7-14(16)8-13/h11-14H,5-10,16H2,1-4H3.